The molecule has 4 amide bonds. The van der Waals surface area contributed by atoms with E-state index in [1.807, 2.05) is 0 Å². The van der Waals surface area contributed by atoms with E-state index >= 15 is 0 Å². The second-order valence-corrected chi connectivity index (χ2v) is 6.90. The molecule has 0 aliphatic carbocycles. The van der Waals surface area contributed by atoms with Crippen LogP contribution in [0.4, 0.5) is 14.9 Å². The van der Waals surface area contributed by atoms with Gasteiger partial charge in [0.25, 0.3) is 5.91 Å². The Labute approximate surface area is 160 Å². The number of urea groups is 1. The minimum Gasteiger partial charge on any atom is -0.324 e. The number of rotatable bonds is 4. The van der Waals surface area contributed by atoms with Crippen molar-refractivity contribution in [2.24, 2.45) is 0 Å². The van der Waals surface area contributed by atoms with Crippen LogP contribution in [-0.2, 0) is 15.1 Å². The molecule has 140 valence electrons. The van der Waals surface area contributed by atoms with Gasteiger partial charge >= 0.3 is 6.03 Å². The van der Waals surface area contributed by atoms with Gasteiger partial charge in [-0.2, -0.15) is 0 Å². The number of hydrogen-bond acceptors (Lipinski definition) is 3. The first kappa shape index (κ1) is 18.8. The number of nitrogens with zero attached hydrogens (tertiary/aromatic N) is 1. The van der Waals surface area contributed by atoms with Gasteiger partial charge in [-0.05, 0) is 49.2 Å². The van der Waals surface area contributed by atoms with E-state index in [-0.39, 0.29) is 0 Å². The van der Waals surface area contributed by atoms with Gasteiger partial charge in [-0.15, -0.1) is 0 Å². The summed E-state index contributed by atoms with van der Waals surface area (Å²) < 4.78 is 13.1. The largest absolute Gasteiger partial charge is 0.325 e. The van der Waals surface area contributed by atoms with E-state index in [1.54, 1.807) is 25.1 Å². The number of carbonyl (C=O) groups excluding carboxylic acids is 3. The quantitative estimate of drug-likeness (QED) is 0.788. The third kappa shape index (κ3) is 3.64. The molecule has 3 rings (SSSR count). The van der Waals surface area contributed by atoms with Crippen LogP contribution in [0.3, 0.4) is 0 Å². The number of nitrogens with one attached hydrogen (secondary N) is 2. The molecule has 0 aromatic heterocycles. The molecule has 1 fully saturated rings. The SMILES string of the molecule is Cc1ccc(Cl)cc1NC(=O)CN1C(=O)NC(C)(c2ccc(F)cc2)C1=O. The minimum atomic E-state index is -1.36. The van der Waals surface area contributed by atoms with Gasteiger partial charge < -0.3 is 10.6 Å². The van der Waals surface area contributed by atoms with Crippen LogP contribution in [0.25, 0.3) is 0 Å². The molecule has 0 bridgehead atoms. The van der Waals surface area contributed by atoms with Crippen LogP contribution in [0.5, 0.6) is 0 Å². The number of aryl methyl sites for hydroxylation is 1. The van der Waals surface area contributed by atoms with E-state index in [0.717, 1.165) is 10.5 Å². The van der Waals surface area contributed by atoms with Crippen LogP contribution in [0.1, 0.15) is 18.1 Å². The topological polar surface area (TPSA) is 78.5 Å². The lowest BCUT2D eigenvalue weighted by Crippen LogP contribution is -2.42. The van der Waals surface area contributed by atoms with Crippen molar-refractivity contribution in [1.29, 1.82) is 0 Å². The Hall–Kier alpha value is -2.93. The molecule has 2 aromatic carbocycles. The fraction of sp³-hybridized carbons (Fsp3) is 0.211. The Morgan fingerprint density at radius 1 is 1.22 bits per heavy atom. The van der Waals surface area contributed by atoms with E-state index in [1.165, 1.54) is 31.2 Å². The highest BCUT2D eigenvalue weighted by molar-refractivity contribution is 6.31. The van der Waals surface area contributed by atoms with Crippen molar-refractivity contribution in [3.63, 3.8) is 0 Å². The molecule has 1 atom stereocenters. The summed E-state index contributed by atoms with van der Waals surface area (Å²) in [6, 6.07) is 9.59. The molecule has 27 heavy (non-hydrogen) atoms. The monoisotopic (exact) mass is 389 g/mol. The van der Waals surface area contributed by atoms with Crippen molar-refractivity contribution in [3.8, 4) is 0 Å². The van der Waals surface area contributed by atoms with Crippen molar-refractivity contribution < 1.29 is 18.8 Å². The lowest BCUT2D eigenvalue weighted by molar-refractivity contribution is -0.133. The summed E-state index contributed by atoms with van der Waals surface area (Å²) in [6.45, 7) is 2.86. The van der Waals surface area contributed by atoms with E-state index in [2.05, 4.69) is 10.6 Å². The second kappa shape index (κ2) is 7.00. The Balaban J connectivity index is 1.76. The smallest absolute Gasteiger partial charge is 0.324 e. The van der Waals surface area contributed by atoms with Gasteiger partial charge in [0.2, 0.25) is 5.91 Å². The summed E-state index contributed by atoms with van der Waals surface area (Å²) in [5, 5.41) is 5.67. The molecule has 8 heteroatoms. The van der Waals surface area contributed by atoms with Crippen molar-refractivity contribution in [2.75, 3.05) is 11.9 Å². The number of anilines is 1. The fourth-order valence-electron chi connectivity index (χ4n) is 2.88. The third-order valence-electron chi connectivity index (χ3n) is 4.47. The minimum absolute atomic E-state index is 0.427. The normalized spacial score (nSPS) is 19.2. The molecule has 2 N–H and O–H groups in total. The predicted octanol–water partition coefficient (Wildman–Crippen LogP) is 3.19. The molecule has 6 nitrogen and oxygen atoms in total. The highest BCUT2D eigenvalue weighted by atomic mass is 35.5. The maximum absolute atomic E-state index is 13.1. The highest BCUT2D eigenvalue weighted by Crippen LogP contribution is 2.29. The Kier molecular flexibility index (Phi) is 4.89. The maximum Gasteiger partial charge on any atom is 0.325 e. The number of carbonyl (C=O) groups is 3. The lowest BCUT2D eigenvalue weighted by Gasteiger charge is -2.22. The van der Waals surface area contributed by atoms with Gasteiger partial charge in [-0.3, -0.25) is 14.5 Å². The molecule has 1 unspecified atom stereocenters. The number of halogens is 2. The van der Waals surface area contributed by atoms with Crippen LogP contribution in [0.15, 0.2) is 42.5 Å². The van der Waals surface area contributed by atoms with Crippen molar-refractivity contribution in [1.82, 2.24) is 10.2 Å². The third-order valence-corrected chi connectivity index (χ3v) is 4.71. The van der Waals surface area contributed by atoms with E-state index < -0.39 is 35.7 Å². The van der Waals surface area contributed by atoms with Gasteiger partial charge in [0.15, 0.2) is 0 Å². The van der Waals surface area contributed by atoms with Gasteiger partial charge in [0.05, 0.1) is 0 Å². The van der Waals surface area contributed by atoms with Crippen LogP contribution < -0.4 is 10.6 Å². The molecule has 1 heterocycles. The molecular formula is C19H17ClFN3O3. The molecule has 0 radical (unpaired) electrons. The number of benzene rings is 2. The molecular weight excluding hydrogens is 373 g/mol. The number of hydrogen-bond donors (Lipinski definition) is 2. The van der Waals surface area contributed by atoms with E-state index in [0.29, 0.717) is 16.3 Å². The van der Waals surface area contributed by atoms with Crippen LogP contribution in [-0.4, -0.2) is 29.3 Å². The summed E-state index contributed by atoms with van der Waals surface area (Å²) in [6.07, 6.45) is 0. The average molecular weight is 390 g/mol. The summed E-state index contributed by atoms with van der Waals surface area (Å²) in [4.78, 5) is 38.2. The maximum atomic E-state index is 13.1. The molecule has 2 aromatic rings. The highest BCUT2D eigenvalue weighted by Gasteiger charge is 2.49. The zero-order valence-electron chi connectivity index (χ0n) is 14.7. The van der Waals surface area contributed by atoms with E-state index in [9.17, 15) is 18.8 Å². The first-order valence-corrected chi connectivity index (χ1v) is 8.54. The van der Waals surface area contributed by atoms with Crippen LogP contribution >= 0.6 is 11.6 Å². The van der Waals surface area contributed by atoms with Gasteiger partial charge in [-0.1, -0.05) is 29.8 Å². The Morgan fingerprint density at radius 2 is 1.89 bits per heavy atom. The lowest BCUT2D eigenvalue weighted by atomic mass is 9.92. The summed E-state index contributed by atoms with van der Waals surface area (Å²) in [7, 11) is 0. The van der Waals surface area contributed by atoms with Crippen LogP contribution in [0, 0.1) is 12.7 Å². The number of amides is 4. The van der Waals surface area contributed by atoms with Crippen LogP contribution in [0.2, 0.25) is 5.02 Å². The average Bonchev–Trinajstić information content (AvgIpc) is 2.83. The summed E-state index contributed by atoms with van der Waals surface area (Å²) in [5.74, 6) is -1.57. The molecule has 0 saturated carbocycles. The van der Waals surface area contributed by atoms with Gasteiger partial charge in [0, 0.05) is 10.7 Å². The zero-order chi connectivity index (χ0) is 19.8. The summed E-state index contributed by atoms with van der Waals surface area (Å²) in [5.41, 5.74) is 0.356. The van der Waals surface area contributed by atoms with Crippen molar-refractivity contribution in [3.05, 3.63) is 64.4 Å². The Bertz CT molecular complexity index is 932. The van der Waals surface area contributed by atoms with Gasteiger partial charge in [0.1, 0.15) is 17.9 Å². The molecule has 1 aliphatic heterocycles. The number of imide groups is 1. The molecule has 1 aliphatic rings. The zero-order valence-corrected chi connectivity index (χ0v) is 15.4. The van der Waals surface area contributed by atoms with Crippen molar-refractivity contribution >= 4 is 35.1 Å². The fourth-order valence-corrected chi connectivity index (χ4v) is 3.05. The first-order chi connectivity index (χ1) is 12.7. The predicted molar refractivity (Wildman–Crippen MR) is 98.8 cm³/mol. The second-order valence-electron chi connectivity index (χ2n) is 6.46. The molecule has 0 spiro atoms. The van der Waals surface area contributed by atoms with E-state index in [4.69, 9.17) is 11.6 Å². The Morgan fingerprint density at radius 3 is 2.56 bits per heavy atom. The molecule has 1 saturated heterocycles. The summed E-state index contributed by atoms with van der Waals surface area (Å²) >= 11 is 5.93. The van der Waals surface area contributed by atoms with Crippen molar-refractivity contribution in [2.45, 2.75) is 19.4 Å². The van der Waals surface area contributed by atoms with Gasteiger partial charge in [-0.25, -0.2) is 9.18 Å². The first-order valence-electron chi connectivity index (χ1n) is 8.17. The standard InChI is InChI=1S/C19H17ClFN3O3/c1-11-3-6-13(20)9-15(11)22-16(25)10-24-17(26)19(2,23-18(24)27)12-4-7-14(21)8-5-12/h3-9H,10H2,1-2H3,(H,22,25)(H,23,27).